The zero-order chi connectivity index (χ0) is 13.9. The van der Waals surface area contributed by atoms with Crippen molar-refractivity contribution in [3.63, 3.8) is 0 Å². The van der Waals surface area contributed by atoms with Crippen LogP contribution in [0.2, 0.25) is 0 Å². The lowest BCUT2D eigenvalue weighted by atomic mass is 10.2. The number of nitrogens with one attached hydrogen (secondary N) is 1. The molecule has 0 unspecified atom stereocenters. The van der Waals surface area contributed by atoms with Crippen LogP contribution in [0.4, 0.5) is 0 Å². The first-order chi connectivity index (χ1) is 9.78. The van der Waals surface area contributed by atoms with Gasteiger partial charge in [0.25, 0.3) is 5.91 Å². The fourth-order valence-corrected chi connectivity index (χ4v) is 3.00. The van der Waals surface area contributed by atoms with Crippen molar-refractivity contribution in [1.82, 2.24) is 9.88 Å². The molecule has 3 aromatic rings. The highest BCUT2D eigenvalue weighted by atomic mass is 32.1. The number of thiophene rings is 1. The van der Waals surface area contributed by atoms with E-state index in [1.807, 2.05) is 53.6 Å². The molecule has 1 amide bonds. The van der Waals surface area contributed by atoms with E-state index in [1.54, 1.807) is 11.3 Å². The van der Waals surface area contributed by atoms with Gasteiger partial charge in [0.15, 0.2) is 0 Å². The number of fused-ring (bicyclic) bond motifs is 1. The summed E-state index contributed by atoms with van der Waals surface area (Å²) < 4.78 is 0. The molecule has 102 valence electrons. The SMILES string of the molecule is CCN(Cc1cccs1)C(=O)c1cc2ccccc2[nH]1. The van der Waals surface area contributed by atoms with Crippen LogP contribution in [0.1, 0.15) is 22.3 Å². The van der Waals surface area contributed by atoms with Gasteiger partial charge < -0.3 is 9.88 Å². The molecule has 3 nitrogen and oxygen atoms in total. The van der Waals surface area contributed by atoms with Crippen LogP contribution in [0.5, 0.6) is 0 Å². The molecule has 4 heteroatoms. The van der Waals surface area contributed by atoms with Crippen LogP contribution in [0, 0.1) is 0 Å². The first-order valence-corrected chi connectivity index (χ1v) is 7.55. The number of H-pyrrole nitrogens is 1. The summed E-state index contributed by atoms with van der Waals surface area (Å²) in [5.74, 6) is 0.0529. The fourth-order valence-electron chi connectivity index (χ4n) is 2.28. The number of carbonyl (C=O) groups is 1. The van der Waals surface area contributed by atoms with Gasteiger partial charge >= 0.3 is 0 Å². The summed E-state index contributed by atoms with van der Waals surface area (Å²) in [6.45, 7) is 3.38. The highest BCUT2D eigenvalue weighted by Crippen LogP contribution is 2.18. The Balaban J connectivity index is 1.85. The van der Waals surface area contributed by atoms with Gasteiger partial charge in [-0.3, -0.25) is 4.79 Å². The van der Waals surface area contributed by atoms with Gasteiger partial charge in [0.1, 0.15) is 5.69 Å². The molecule has 0 saturated heterocycles. The normalized spacial score (nSPS) is 10.8. The van der Waals surface area contributed by atoms with Gasteiger partial charge in [0.2, 0.25) is 0 Å². The van der Waals surface area contributed by atoms with Crippen molar-refractivity contribution in [1.29, 1.82) is 0 Å². The second-order valence-electron chi connectivity index (χ2n) is 4.67. The number of amides is 1. The van der Waals surface area contributed by atoms with E-state index >= 15 is 0 Å². The number of aromatic nitrogens is 1. The topological polar surface area (TPSA) is 36.1 Å². The van der Waals surface area contributed by atoms with E-state index in [0.717, 1.165) is 10.9 Å². The lowest BCUT2D eigenvalue weighted by Crippen LogP contribution is -2.30. The highest BCUT2D eigenvalue weighted by molar-refractivity contribution is 7.09. The molecule has 0 saturated carbocycles. The summed E-state index contributed by atoms with van der Waals surface area (Å²) in [7, 11) is 0. The number of nitrogens with zero attached hydrogens (tertiary/aromatic N) is 1. The molecule has 0 spiro atoms. The van der Waals surface area contributed by atoms with Crippen LogP contribution in [-0.2, 0) is 6.54 Å². The summed E-state index contributed by atoms with van der Waals surface area (Å²) in [5, 5.41) is 3.11. The van der Waals surface area contributed by atoms with Crippen LogP contribution in [-0.4, -0.2) is 22.3 Å². The van der Waals surface area contributed by atoms with E-state index in [4.69, 9.17) is 0 Å². The molecule has 2 aromatic heterocycles. The second kappa shape index (κ2) is 5.51. The molecule has 1 aromatic carbocycles. The van der Waals surface area contributed by atoms with Crippen LogP contribution in [0.3, 0.4) is 0 Å². The number of carbonyl (C=O) groups excluding carboxylic acids is 1. The Morgan fingerprint density at radius 1 is 1.25 bits per heavy atom. The molecule has 0 radical (unpaired) electrons. The van der Waals surface area contributed by atoms with Crippen LogP contribution < -0.4 is 0 Å². The van der Waals surface area contributed by atoms with Crippen molar-refractivity contribution in [2.45, 2.75) is 13.5 Å². The Kier molecular flexibility index (Phi) is 3.56. The van der Waals surface area contributed by atoms with Crippen LogP contribution >= 0.6 is 11.3 Å². The van der Waals surface area contributed by atoms with Crippen LogP contribution in [0.15, 0.2) is 47.8 Å². The minimum Gasteiger partial charge on any atom is -0.351 e. The van der Waals surface area contributed by atoms with Crippen LogP contribution in [0.25, 0.3) is 10.9 Å². The Labute approximate surface area is 121 Å². The minimum atomic E-state index is 0.0529. The number of hydrogen-bond donors (Lipinski definition) is 1. The first kappa shape index (κ1) is 12.9. The summed E-state index contributed by atoms with van der Waals surface area (Å²) in [6.07, 6.45) is 0. The predicted molar refractivity (Wildman–Crippen MR) is 83.0 cm³/mol. The number of benzene rings is 1. The monoisotopic (exact) mass is 284 g/mol. The van der Waals surface area contributed by atoms with E-state index in [9.17, 15) is 4.79 Å². The van der Waals surface area contributed by atoms with E-state index in [2.05, 4.69) is 11.1 Å². The Morgan fingerprint density at radius 3 is 2.80 bits per heavy atom. The number of rotatable bonds is 4. The lowest BCUT2D eigenvalue weighted by Gasteiger charge is -2.19. The van der Waals surface area contributed by atoms with Crippen molar-refractivity contribution < 1.29 is 4.79 Å². The average molecular weight is 284 g/mol. The summed E-state index contributed by atoms with van der Waals surface area (Å²) >= 11 is 1.68. The van der Waals surface area contributed by atoms with Crippen molar-refractivity contribution in [2.24, 2.45) is 0 Å². The van der Waals surface area contributed by atoms with Crippen molar-refractivity contribution >= 4 is 28.1 Å². The molecule has 3 rings (SSSR count). The Morgan fingerprint density at radius 2 is 2.10 bits per heavy atom. The molecular formula is C16H16N2OS. The van der Waals surface area contributed by atoms with Crippen molar-refractivity contribution in [3.05, 3.63) is 58.4 Å². The zero-order valence-electron chi connectivity index (χ0n) is 11.3. The number of hydrogen-bond acceptors (Lipinski definition) is 2. The lowest BCUT2D eigenvalue weighted by molar-refractivity contribution is 0.0749. The average Bonchev–Trinajstić information content (AvgIpc) is 3.12. The maximum Gasteiger partial charge on any atom is 0.270 e. The highest BCUT2D eigenvalue weighted by Gasteiger charge is 2.16. The molecular weight excluding hydrogens is 268 g/mol. The second-order valence-corrected chi connectivity index (χ2v) is 5.70. The Hall–Kier alpha value is -2.07. The predicted octanol–water partition coefficient (Wildman–Crippen LogP) is 3.89. The third-order valence-electron chi connectivity index (χ3n) is 3.36. The van der Waals surface area contributed by atoms with Gasteiger partial charge in [-0.05, 0) is 30.5 Å². The number of aromatic amines is 1. The molecule has 0 aliphatic rings. The van der Waals surface area contributed by atoms with Gasteiger partial charge in [-0.2, -0.15) is 0 Å². The standard InChI is InChI=1S/C16H16N2OS/c1-2-18(11-13-7-5-9-20-13)16(19)15-10-12-6-3-4-8-14(12)17-15/h3-10,17H,2,11H2,1H3. The van der Waals surface area contributed by atoms with E-state index in [-0.39, 0.29) is 5.91 Å². The molecule has 1 N–H and O–H groups in total. The molecule has 0 bridgehead atoms. The van der Waals surface area contributed by atoms with Gasteiger partial charge in [0, 0.05) is 22.3 Å². The van der Waals surface area contributed by atoms with E-state index in [0.29, 0.717) is 18.8 Å². The zero-order valence-corrected chi connectivity index (χ0v) is 12.1. The van der Waals surface area contributed by atoms with Gasteiger partial charge in [0.05, 0.1) is 6.54 Å². The van der Waals surface area contributed by atoms with Crippen molar-refractivity contribution in [2.75, 3.05) is 6.54 Å². The molecule has 2 heterocycles. The summed E-state index contributed by atoms with van der Waals surface area (Å²) in [5.41, 5.74) is 1.66. The first-order valence-electron chi connectivity index (χ1n) is 6.67. The molecule has 0 atom stereocenters. The molecule has 0 aliphatic carbocycles. The third-order valence-corrected chi connectivity index (χ3v) is 4.22. The van der Waals surface area contributed by atoms with Gasteiger partial charge in [-0.25, -0.2) is 0 Å². The molecule has 0 fully saturated rings. The number of para-hydroxylation sites is 1. The van der Waals surface area contributed by atoms with Crippen molar-refractivity contribution in [3.8, 4) is 0 Å². The Bertz CT molecular complexity index is 682. The minimum absolute atomic E-state index is 0.0529. The smallest absolute Gasteiger partial charge is 0.270 e. The maximum atomic E-state index is 12.6. The van der Waals surface area contributed by atoms with E-state index < -0.39 is 0 Å². The quantitative estimate of drug-likeness (QED) is 0.775. The largest absolute Gasteiger partial charge is 0.351 e. The van der Waals surface area contributed by atoms with E-state index in [1.165, 1.54) is 4.88 Å². The maximum absolute atomic E-state index is 12.6. The van der Waals surface area contributed by atoms with Gasteiger partial charge in [-0.15, -0.1) is 11.3 Å². The fraction of sp³-hybridized carbons (Fsp3) is 0.188. The third kappa shape index (κ3) is 2.47. The molecule has 0 aliphatic heterocycles. The van der Waals surface area contributed by atoms with Gasteiger partial charge in [-0.1, -0.05) is 24.3 Å². The molecule has 20 heavy (non-hydrogen) atoms. The summed E-state index contributed by atoms with van der Waals surface area (Å²) in [4.78, 5) is 18.8. The summed E-state index contributed by atoms with van der Waals surface area (Å²) in [6, 6.07) is 14.0.